The van der Waals surface area contributed by atoms with E-state index in [4.69, 9.17) is 0 Å². The van der Waals surface area contributed by atoms with Crippen LogP contribution in [0.2, 0.25) is 0 Å². The smallest absolute Gasteiger partial charge is 0.128 e. The SMILES string of the molecule is CC(C)NCc1ccnc(N(C)CC2CCCN2C)c1. The molecular weight excluding hydrogens is 248 g/mol. The van der Waals surface area contributed by atoms with Gasteiger partial charge in [0.2, 0.25) is 0 Å². The molecule has 1 fully saturated rings. The lowest BCUT2D eigenvalue weighted by Gasteiger charge is -2.26. The summed E-state index contributed by atoms with van der Waals surface area (Å²) < 4.78 is 0. The van der Waals surface area contributed by atoms with Crippen LogP contribution in [0.4, 0.5) is 5.82 Å². The van der Waals surface area contributed by atoms with Crippen molar-refractivity contribution in [3.63, 3.8) is 0 Å². The average molecular weight is 276 g/mol. The van der Waals surface area contributed by atoms with Crippen LogP contribution >= 0.6 is 0 Å². The molecule has 20 heavy (non-hydrogen) atoms. The molecule has 1 N–H and O–H groups in total. The summed E-state index contributed by atoms with van der Waals surface area (Å²) >= 11 is 0. The minimum absolute atomic E-state index is 0.511. The van der Waals surface area contributed by atoms with Gasteiger partial charge in [0.1, 0.15) is 5.82 Å². The van der Waals surface area contributed by atoms with E-state index >= 15 is 0 Å². The second-order valence-electron chi connectivity index (χ2n) is 6.22. The molecule has 2 heterocycles. The fraction of sp³-hybridized carbons (Fsp3) is 0.688. The van der Waals surface area contributed by atoms with Crippen molar-refractivity contribution in [1.29, 1.82) is 0 Å². The summed E-state index contributed by atoms with van der Waals surface area (Å²) in [5, 5.41) is 3.45. The van der Waals surface area contributed by atoms with Crippen LogP contribution in [0.5, 0.6) is 0 Å². The molecule has 1 saturated heterocycles. The predicted octanol–water partition coefficient (Wildman–Crippen LogP) is 2.11. The van der Waals surface area contributed by atoms with Gasteiger partial charge in [0.25, 0.3) is 0 Å². The molecule has 1 aromatic heterocycles. The molecule has 112 valence electrons. The van der Waals surface area contributed by atoms with E-state index in [1.807, 2.05) is 6.20 Å². The summed E-state index contributed by atoms with van der Waals surface area (Å²) in [5.74, 6) is 1.08. The van der Waals surface area contributed by atoms with E-state index in [-0.39, 0.29) is 0 Å². The van der Waals surface area contributed by atoms with Crippen molar-refractivity contribution in [2.24, 2.45) is 0 Å². The molecule has 4 heteroatoms. The topological polar surface area (TPSA) is 31.4 Å². The molecule has 0 amide bonds. The van der Waals surface area contributed by atoms with Crippen LogP contribution in [0.15, 0.2) is 18.3 Å². The summed E-state index contributed by atoms with van der Waals surface area (Å²) in [6.07, 6.45) is 4.54. The summed E-state index contributed by atoms with van der Waals surface area (Å²) in [5.41, 5.74) is 1.30. The quantitative estimate of drug-likeness (QED) is 0.862. The average Bonchev–Trinajstić information content (AvgIpc) is 2.82. The summed E-state index contributed by atoms with van der Waals surface area (Å²) in [6.45, 7) is 7.54. The lowest BCUT2D eigenvalue weighted by Crippen LogP contribution is -2.37. The minimum Gasteiger partial charge on any atom is -0.358 e. The van der Waals surface area contributed by atoms with Crippen molar-refractivity contribution in [2.45, 2.75) is 45.3 Å². The van der Waals surface area contributed by atoms with Gasteiger partial charge >= 0.3 is 0 Å². The van der Waals surface area contributed by atoms with Crippen LogP contribution in [0.25, 0.3) is 0 Å². The molecule has 0 aromatic carbocycles. The van der Waals surface area contributed by atoms with Crippen LogP contribution < -0.4 is 10.2 Å². The lowest BCUT2D eigenvalue weighted by atomic mass is 10.2. The molecule has 1 aromatic rings. The van der Waals surface area contributed by atoms with Crippen molar-refractivity contribution >= 4 is 5.82 Å². The van der Waals surface area contributed by atoms with Gasteiger partial charge < -0.3 is 15.1 Å². The van der Waals surface area contributed by atoms with Gasteiger partial charge in [-0.3, -0.25) is 0 Å². The maximum Gasteiger partial charge on any atom is 0.128 e. The molecular formula is C16H28N4. The van der Waals surface area contributed by atoms with Crippen LogP contribution in [0, 0.1) is 0 Å². The first-order valence-electron chi connectivity index (χ1n) is 7.66. The number of likely N-dealkylation sites (tertiary alicyclic amines) is 1. The van der Waals surface area contributed by atoms with Gasteiger partial charge in [0, 0.05) is 38.4 Å². The number of hydrogen-bond donors (Lipinski definition) is 1. The molecule has 4 nitrogen and oxygen atoms in total. The molecule has 0 radical (unpaired) electrons. The number of nitrogens with one attached hydrogen (secondary N) is 1. The van der Waals surface area contributed by atoms with Crippen LogP contribution in [0.1, 0.15) is 32.3 Å². The molecule has 0 saturated carbocycles. The zero-order valence-electron chi connectivity index (χ0n) is 13.3. The largest absolute Gasteiger partial charge is 0.358 e. The van der Waals surface area contributed by atoms with Crippen LogP contribution in [-0.4, -0.2) is 49.2 Å². The van der Waals surface area contributed by atoms with E-state index < -0.39 is 0 Å². The van der Waals surface area contributed by atoms with Crippen LogP contribution in [0.3, 0.4) is 0 Å². The standard InChI is InChI=1S/C16H28N4/c1-13(2)18-11-14-7-8-17-16(10-14)20(4)12-15-6-5-9-19(15)3/h7-8,10,13,15,18H,5-6,9,11-12H2,1-4H3. The van der Waals surface area contributed by atoms with E-state index in [1.54, 1.807) is 0 Å². The lowest BCUT2D eigenvalue weighted by molar-refractivity contribution is 0.314. The molecule has 0 aliphatic carbocycles. The van der Waals surface area contributed by atoms with Crippen molar-refractivity contribution in [2.75, 3.05) is 32.1 Å². The van der Waals surface area contributed by atoms with Gasteiger partial charge in [-0.25, -0.2) is 4.98 Å². The number of aromatic nitrogens is 1. The first-order valence-corrected chi connectivity index (χ1v) is 7.66. The highest BCUT2D eigenvalue weighted by Gasteiger charge is 2.22. The third-order valence-corrected chi connectivity index (χ3v) is 4.07. The Labute approximate surface area is 123 Å². The maximum atomic E-state index is 4.51. The van der Waals surface area contributed by atoms with Gasteiger partial charge in [-0.1, -0.05) is 13.8 Å². The maximum absolute atomic E-state index is 4.51. The molecule has 0 bridgehead atoms. The Morgan fingerprint density at radius 2 is 2.30 bits per heavy atom. The van der Waals surface area contributed by atoms with Gasteiger partial charge in [-0.05, 0) is 44.1 Å². The van der Waals surface area contributed by atoms with E-state index in [0.29, 0.717) is 12.1 Å². The zero-order chi connectivity index (χ0) is 14.5. The first-order chi connectivity index (χ1) is 9.56. The Balaban J connectivity index is 1.95. The molecule has 0 spiro atoms. The molecule has 1 unspecified atom stereocenters. The van der Waals surface area contributed by atoms with E-state index in [2.05, 4.69) is 60.2 Å². The number of nitrogens with zero attached hydrogens (tertiary/aromatic N) is 3. The Hall–Kier alpha value is -1.13. The molecule has 1 aliphatic rings. The third kappa shape index (κ3) is 4.18. The highest BCUT2D eigenvalue weighted by atomic mass is 15.2. The van der Waals surface area contributed by atoms with Crippen LogP contribution in [-0.2, 0) is 6.54 Å². The molecule has 1 atom stereocenters. The monoisotopic (exact) mass is 276 g/mol. The fourth-order valence-corrected chi connectivity index (χ4v) is 2.72. The van der Waals surface area contributed by atoms with Crippen molar-refractivity contribution in [1.82, 2.24) is 15.2 Å². The Morgan fingerprint density at radius 1 is 1.50 bits per heavy atom. The first kappa shape index (κ1) is 15.3. The molecule has 1 aliphatic heterocycles. The van der Waals surface area contributed by atoms with Gasteiger partial charge in [0.05, 0.1) is 0 Å². The van der Waals surface area contributed by atoms with Gasteiger partial charge in [0.15, 0.2) is 0 Å². The second-order valence-corrected chi connectivity index (χ2v) is 6.22. The van der Waals surface area contributed by atoms with Crippen molar-refractivity contribution < 1.29 is 0 Å². The van der Waals surface area contributed by atoms with Gasteiger partial charge in [-0.2, -0.15) is 0 Å². The third-order valence-electron chi connectivity index (χ3n) is 4.07. The normalized spacial score (nSPS) is 19.8. The number of hydrogen-bond acceptors (Lipinski definition) is 4. The summed E-state index contributed by atoms with van der Waals surface area (Å²) in [7, 11) is 4.37. The zero-order valence-corrected chi connectivity index (χ0v) is 13.3. The summed E-state index contributed by atoms with van der Waals surface area (Å²) in [6, 6.07) is 5.47. The number of pyridine rings is 1. The predicted molar refractivity (Wildman–Crippen MR) is 85.1 cm³/mol. The number of rotatable bonds is 6. The van der Waals surface area contributed by atoms with Crippen molar-refractivity contribution in [3.8, 4) is 0 Å². The van der Waals surface area contributed by atoms with E-state index in [9.17, 15) is 0 Å². The summed E-state index contributed by atoms with van der Waals surface area (Å²) in [4.78, 5) is 9.26. The minimum atomic E-state index is 0.511. The Bertz CT molecular complexity index is 419. The van der Waals surface area contributed by atoms with Crippen molar-refractivity contribution in [3.05, 3.63) is 23.9 Å². The Kier molecular flexibility index (Phi) is 5.38. The number of likely N-dealkylation sites (N-methyl/N-ethyl adjacent to an activating group) is 2. The fourth-order valence-electron chi connectivity index (χ4n) is 2.72. The van der Waals surface area contributed by atoms with E-state index in [0.717, 1.165) is 18.9 Å². The number of anilines is 1. The highest BCUT2D eigenvalue weighted by molar-refractivity contribution is 5.40. The highest BCUT2D eigenvalue weighted by Crippen LogP contribution is 2.18. The second kappa shape index (κ2) is 7.04. The Morgan fingerprint density at radius 3 is 2.95 bits per heavy atom. The molecule has 2 rings (SSSR count). The van der Waals surface area contributed by atoms with Gasteiger partial charge in [-0.15, -0.1) is 0 Å². The van der Waals surface area contributed by atoms with E-state index in [1.165, 1.54) is 24.9 Å².